The summed E-state index contributed by atoms with van der Waals surface area (Å²) in [6.07, 6.45) is 3.40. The summed E-state index contributed by atoms with van der Waals surface area (Å²) in [6.45, 7) is 6.37. The number of pyridine rings is 1. The summed E-state index contributed by atoms with van der Waals surface area (Å²) in [5, 5.41) is 3.27. The van der Waals surface area contributed by atoms with Crippen LogP contribution in [0.1, 0.15) is 33.6 Å². The Hall–Kier alpha value is -1.12. The van der Waals surface area contributed by atoms with Gasteiger partial charge in [0.2, 0.25) is 0 Å². The molecule has 14 heavy (non-hydrogen) atoms. The third-order valence-corrected chi connectivity index (χ3v) is 2.07. The minimum atomic E-state index is -0.302. The first-order chi connectivity index (χ1) is 6.53. The van der Waals surface area contributed by atoms with Gasteiger partial charge in [-0.2, -0.15) is 0 Å². The molecule has 0 radical (unpaired) electrons. The standard InChI is InChI=1S/C11H17FN2/c1-4-7-11(2,3)14-10-6-5-9(12)8-13-10/h5-6,8H,4,7H2,1-3H3,(H,13,14). The van der Waals surface area contributed by atoms with Gasteiger partial charge in [0.05, 0.1) is 6.20 Å². The number of nitrogens with one attached hydrogen (secondary N) is 1. The number of anilines is 1. The lowest BCUT2D eigenvalue weighted by Gasteiger charge is -2.26. The fourth-order valence-electron chi connectivity index (χ4n) is 1.48. The SMILES string of the molecule is CCCC(C)(C)Nc1ccc(F)cn1. The molecule has 1 heterocycles. The Morgan fingerprint density at radius 3 is 2.64 bits per heavy atom. The average Bonchev–Trinajstić information content (AvgIpc) is 2.08. The van der Waals surface area contributed by atoms with Crippen molar-refractivity contribution >= 4 is 5.82 Å². The summed E-state index contributed by atoms with van der Waals surface area (Å²) in [7, 11) is 0. The maximum atomic E-state index is 12.6. The summed E-state index contributed by atoms with van der Waals surface area (Å²) >= 11 is 0. The molecule has 1 N–H and O–H groups in total. The number of nitrogens with zero attached hydrogens (tertiary/aromatic N) is 1. The molecule has 0 atom stereocenters. The van der Waals surface area contributed by atoms with Gasteiger partial charge in [-0.15, -0.1) is 0 Å². The Morgan fingerprint density at radius 2 is 2.14 bits per heavy atom. The van der Waals surface area contributed by atoms with E-state index in [1.54, 1.807) is 6.07 Å². The van der Waals surface area contributed by atoms with Crippen LogP contribution in [0.15, 0.2) is 18.3 Å². The Kier molecular flexibility index (Phi) is 3.44. The van der Waals surface area contributed by atoms with Crippen molar-refractivity contribution in [1.29, 1.82) is 0 Å². The van der Waals surface area contributed by atoms with Crippen molar-refractivity contribution in [2.45, 2.75) is 39.2 Å². The molecule has 0 spiro atoms. The average molecular weight is 196 g/mol. The van der Waals surface area contributed by atoms with E-state index in [9.17, 15) is 4.39 Å². The van der Waals surface area contributed by atoms with Gasteiger partial charge in [0.1, 0.15) is 11.6 Å². The number of hydrogen-bond donors (Lipinski definition) is 1. The van der Waals surface area contributed by atoms with Gasteiger partial charge < -0.3 is 5.32 Å². The third-order valence-electron chi connectivity index (χ3n) is 2.07. The predicted octanol–water partition coefficient (Wildman–Crippen LogP) is 3.21. The van der Waals surface area contributed by atoms with E-state index in [4.69, 9.17) is 0 Å². The molecule has 0 amide bonds. The lowest BCUT2D eigenvalue weighted by Crippen LogP contribution is -2.30. The van der Waals surface area contributed by atoms with E-state index in [1.165, 1.54) is 12.3 Å². The Balaban J connectivity index is 2.64. The highest BCUT2D eigenvalue weighted by Crippen LogP contribution is 2.17. The number of rotatable bonds is 4. The van der Waals surface area contributed by atoms with E-state index in [1.807, 2.05) is 0 Å². The van der Waals surface area contributed by atoms with Crippen LogP contribution in [-0.4, -0.2) is 10.5 Å². The van der Waals surface area contributed by atoms with E-state index in [-0.39, 0.29) is 11.4 Å². The summed E-state index contributed by atoms with van der Waals surface area (Å²) in [5.41, 5.74) is 0.0135. The predicted molar refractivity (Wildman–Crippen MR) is 56.8 cm³/mol. The first-order valence-corrected chi connectivity index (χ1v) is 4.93. The van der Waals surface area contributed by atoms with E-state index in [0.717, 1.165) is 18.7 Å². The lowest BCUT2D eigenvalue weighted by atomic mass is 9.99. The number of halogens is 1. The fraction of sp³-hybridized carbons (Fsp3) is 0.545. The maximum Gasteiger partial charge on any atom is 0.141 e. The van der Waals surface area contributed by atoms with Gasteiger partial charge in [-0.25, -0.2) is 9.37 Å². The molecule has 1 aromatic heterocycles. The second-order valence-electron chi connectivity index (χ2n) is 4.12. The van der Waals surface area contributed by atoms with Gasteiger partial charge in [0.25, 0.3) is 0 Å². The molecule has 3 heteroatoms. The first kappa shape index (κ1) is 11.0. The van der Waals surface area contributed by atoms with Gasteiger partial charge in [0.15, 0.2) is 0 Å². The molecule has 0 unspecified atom stereocenters. The van der Waals surface area contributed by atoms with E-state index < -0.39 is 0 Å². The van der Waals surface area contributed by atoms with Crippen molar-refractivity contribution in [1.82, 2.24) is 4.98 Å². The smallest absolute Gasteiger partial charge is 0.141 e. The Morgan fingerprint density at radius 1 is 1.43 bits per heavy atom. The Bertz CT molecular complexity index is 280. The molecule has 0 aliphatic heterocycles. The fourth-order valence-corrected chi connectivity index (χ4v) is 1.48. The highest BCUT2D eigenvalue weighted by molar-refractivity contribution is 5.36. The topological polar surface area (TPSA) is 24.9 Å². The normalized spacial score (nSPS) is 11.4. The van der Waals surface area contributed by atoms with Crippen LogP contribution < -0.4 is 5.32 Å². The van der Waals surface area contributed by atoms with Gasteiger partial charge in [-0.3, -0.25) is 0 Å². The van der Waals surface area contributed by atoms with Crippen molar-refractivity contribution in [2.24, 2.45) is 0 Å². The van der Waals surface area contributed by atoms with Gasteiger partial charge in [-0.05, 0) is 32.4 Å². The second-order valence-corrected chi connectivity index (χ2v) is 4.12. The largest absolute Gasteiger partial charge is 0.365 e. The summed E-state index contributed by atoms with van der Waals surface area (Å²) in [5.74, 6) is 0.425. The zero-order chi connectivity index (χ0) is 10.6. The van der Waals surface area contributed by atoms with Crippen LogP contribution in [0.25, 0.3) is 0 Å². The summed E-state index contributed by atoms with van der Waals surface area (Å²) in [4.78, 5) is 3.96. The third kappa shape index (κ3) is 3.32. The lowest BCUT2D eigenvalue weighted by molar-refractivity contribution is 0.508. The molecular weight excluding hydrogens is 179 g/mol. The summed E-state index contributed by atoms with van der Waals surface area (Å²) < 4.78 is 12.6. The van der Waals surface area contributed by atoms with Crippen LogP contribution in [0.2, 0.25) is 0 Å². The highest BCUT2D eigenvalue weighted by Gasteiger charge is 2.15. The highest BCUT2D eigenvalue weighted by atomic mass is 19.1. The molecule has 1 rings (SSSR count). The van der Waals surface area contributed by atoms with Crippen LogP contribution in [-0.2, 0) is 0 Å². The molecule has 0 aromatic carbocycles. The van der Waals surface area contributed by atoms with Crippen molar-refractivity contribution in [3.8, 4) is 0 Å². The Labute approximate surface area is 84.6 Å². The molecule has 0 fully saturated rings. The molecular formula is C11H17FN2. The molecule has 0 saturated heterocycles. The summed E-state index contributed by atoms with van der Waals surface area (Å²) in [6, 6.07) is 3.07. The molecule has 0 aliphatic rings. The van der Waals surface area contributed by atoms with Gasteiger partial charge in [-0.1, -0.05) is 13.3 Å². The van der Waals surface area contributed by atoms with Crippen LogP contribution in [0.3, 0.4) is 0 Å². The van der Waals surface area contributed by atoms with E-state index >= 15 is 0 Å². The quantitative estimate of drug-likeness (QED) is 0.799. The van der Waals surface area contributed by atoms with Crippen molar-refractivity contribution in [3.05, 3.63) is 24.1 Å². The van der Waals surface area contributed by atoms with Crippen LogP contribution >= 0.6 is 0 Å². The van der Waals surface area contributed by atoms with Crippen LogP contribution in [0.5, 0.6) is 0 Å². The van der Waals surface area contributed by atoms with Crippen molar-refractivity contribution < 1.29 is 4.39 Å². The zero-order valence-corrected chi connectivity index (χ0v) is 8.97. The number of hydrogen-bond acceptors (Lipinski definition) is 2. The first-order valence-electron chi connectivity index (χ1n) is 4.93. The minimum Gasteiger partial charge on any atom is -0.365 e. The molecule has 2 nitrogen and oxygen atoms in total. The van der Waals surface area contributed by atoms with Gasteiger partial charge in [0, 0.05) is 5.54 Å². The van der Waals surface area contributed by atoms with Crippen LogP contribution in [0.4, 0.5) is 10.2 Å². The van der Waals surface area contributed by atoms with Crippen molar-refractivity contribution in [2.75, 3.05) is 5.32 Å². The molecule has 1 aromatic rings. The zero-order valence-electron chi connectivity index (χ0n) is 8.97. The second kappa shape index (κ2) is 4.40. The minimum absolute atomic E-state index is 0.0135. The molecule has 0 bridgehead atoms. The van der Waals surface area contributed by atoms with Gasteiger partial charge >= 0.3 is 0 Å². The van der Waals surface area contributed by atoms with E-state index in [0.29, 0.717) is 0 Å². The van der Waals surface area contributed by atoms with Crippen molar-refractivity contribution in [3.63, 3.8) is 0 Å². The van der Waals surface area contributed by atoms with Crippen LogP contribution in [0, 0.1) is 5.82 Å². The monoisotopic (exact) mass is 196 g/mol. The molecule has 0 saturated carbocycles. The molecule has 0 aliphatic carbocycles. The number of aromatic nitrogens is 1. The molecule has 78 valence electrons. The van der Waals surface area contributed by atoms with E-state index in [2.05, 4.69) is 31.1 Å². The maximum absolute atomic E-state index is 12.6.